The van der Waals surface area contributed by atoms with Crippen molar-refractivity contribution in [3.8, 4) is 11.1 Å². The van der Waals surface area contributed by atoms with Gasteiger partial charge in [0.05, 0.1) is 10.0 Å². The summed E-state index contributed by atoms with van der Waals surface area (Å²) in [4.78, 5) is 15.5. The van der Waals surface area contributed by atoms with Crippen LogP contribution in [0.4, 0.5) is 5.95 Å². The van der Waals surface area contributed by atoms with E-state index in [0.717, 1.165) is 0 Å². The largest absolute Gasteiger partial charge is 0.476 e. The number of carboxylic acid groups (broad SMARTS) is 1. The van der Waals surface area contributed by atoms with Crippen LogP contribution in [0.25, 0.3) is 16.8 Å². The predicted molar refractivity (Wildman–Crippen MR) is 79.8 cm³/mol. The van der Waals surface area contributed by atoms with Gasteiger partial charge in [0.15, 0.2) is 11.3 Å². The number of fused-ring (bicyclic) bond motifs is 1. The molecule has 1 aromatic carbocycles. The molecule has 0 atom stereocenters. The number of nitrogen functional groups attached to an aromatic ring is 1. The number of anilines is 1. The molecular formula is C13H8Cl2N4O2. The van der Waals surface area contributed by atoms with Crippen molar-refractivity contribution in [2.45, 2.75) is 0 Å². The van der Waals surface area contributed by atoms with Gasteiger partial charge in [-0.1, -0.05) is 29.3 Å². The molecule has 0 bridgehead atoms. The summed E-state index contributed by atoms with van der Waals surface area (Å²) in [5.41, 5.74) is 6.88. The van der Waals surface area contributed by atoms with E-state index in [-0.39, 0.29) is 11.6 Å². The van der Waals surface area contributed by atoms with Gasteiger partial charge >= 0.3 is 5.97 Å². The second-order valence-electron chi connectivity index (χ2n) is 4.27. The van der Waals surface area contributed by atoms with Crippen molar-refractivity contribution in [1.29, 1.82) is 0 Å². The van der Waals surface area contributed by atoms with Gasteiger partial charge in [-0.15, -0.1) is 5.10 Å². The van der Waals surface area contributed by atoms with Crippen LogP contribution in [0.1, 0.15) is 10.5 Å². The maximum absolute atomic E-state index is 11.6. The maximum atomic E-state index is 11.6. The minimum absolute atomic E-state index is 0.00351. The molecule has 2 heterocycles. The first-order valence-electron chi connectivity index (χ1n) is 5.81. The van der Waals surface area contributed by atoms with Crippen LogP contribution in [0.3, 0.4) is 0 Å². The fourth-order valence-corrected chi connectivity index (χ4v) is 2.36. The quantitative estimate of drug-likeness (QED) is 0.756. The van der Waals surface area contributed by atoms with E-state index in [4.69, 9.17) is 28.9 Å². The third kappa shape index (κ3) is 2.28. The number of carbonyl (C=O) groups is 1. The number of pyridine rings is 1. The highest BCUT2D eigenvalue weighted by molar-refractivity contribution is 6.42. The van der Waals surface area contributed by atoms with Crippen molar-refractivity contribution in [2.24, 2.45) is 0 Å². The summed E-state index contributed by atoms with van der Waals surface area (Å²) < 4.78 is 1.19. The summed E-state index contributed by atoms with van der Waals surface area (Å²) in [6.45, 7) is 0. The van der Waals surface area contributed by atoms with E-state index in [0.29, 0.717) is 26.8 Å². The second kappa shape index (κ2) is 4.91. The predicted octanol–water partition coefficient (Wildman–Crippen LogP) is 2.98. The van der Waals surface area contributed by atoms with E-state index in [1.165, 1.54) is 4.52 Å². The molecule has 0 radical (unpaired) electrons. The lowest BCUT2D eigenvalue weighted by molar-refractivity contribution is 0.0688. The molecule has 0 aliphatic heterocycles. The highest BCUT2D eigenvalue weighted by Crippen LogP contribution is 2.30. The first-order chi connectivity index (χ1) is 9.97. The molecular weight excluding hydrogens is 315 g/mol. The van der Waals surface area contributed by atoms with Crippen molar-refractivity contribution in [2.75, 3.05) is 5.73 Å². The van der Waals surface area contributed by atoms with Crippen LogP contribution < -0.4 is 5.73 Å². The van der Waals surface area contributed by atoms with Crippen LogP contribution >= 0.6 is 23.2 Å². The van der Waals surface area contributed by atoms with Crippen molar-refractivity contribution in [3.63, 3.8) is 0 Å². The van der Waals surface area contributed by atoms with Gasteiger partial charge in [0.1, 0.15) is 0 Å². The molecule has 0 spiro atoms. The number of aromatic nitrogens is 3. The second-order valence-corrected chi connectivity index (χ2v) is 5.08. The van der Waals surface area contributed by atoms with E-state index in [9.17, 15) is 9.90 Å². The number of hydrogen-bond acceptors (Lipinski definition) is 4. The molecule has 0 fully saturated rings. The van der Waals surface area contributed by atoms with Crippen molar-refractivity contribution in [3.05, 3.63) is 46.1 Å². The zero-order valence-electron chi connectivity index (χ0n) is 10.4. The number of aromatic carboxylic acids is 1. The van der Waals surface area contributed by atoms with Gasteiger partial charge in [-0.2, -0.15) is 4.98 Å². The topological polar surface area (TPSA) is 93.5 Å². The van der Waals surface area contributed by atoms with Crippen molar-refractivity contribution in [1.82, 2.24) is 14.6 Å². The molecule has 21 heavy (non-hydrogen) atoms. The molecule has 2 aromatic heterocycles. The average molecular weight is 323 g/mol. The Morgan fingerprint density at radius 2 is 1.95 bits per heavy atom. The normalized spacial score (nSPS) is 11.0. The summed E-state index contributed by atoms with van der Waals surface area (Å²) >= 11 is 11.9. The fraction of sp³-hybridized carbons (Fsp3) is 0. The highest BCUT2D eigenvalue weighted by atomic mass is 35.5. The molecule has 0 amide bonds. The van der Waals surface area contributed by atoms with Crippen LogP contribution in [0.15, 0.2) is 30.3 Å². The van der Waals surface area contributed by atoms with Gasteiger partial charge in [0.2, 0.25) is 5.95 Å². The third-order valence-corrected chi connectivity index (χ3v) is 3.69. The van der Waals surface area contributed by atoms with Crippen LogP contribution in [-0.2, 0) is 0 Å². The zero-order valence-corrected chi connectivity index (χ0v) is 11.9. The van der Waals surface area contributed by atoms with E-state index in [1.54, 1.807) is 30.3 Å². The van der Waals surface area contributed by atoms with Gasteiger partial charge < -0.3 is 10.8 Å². The van der Waals surface area contributed by atoms with E-state index in [2.05, 4.69) is 10.1 Å². The number of halogens is 2. The first-order valence-corrected chi connectivity index (χ1v) is 6.57. The van der Waals surface area contributed by atoms with Crippen molar-refractivity contribution < 1.29 is 9.90 Å². The van der Waals surface area contributed by atoms with Crippen LogP contribution in [0, 0.1) is 0 Å². The number of hydrogen-bond donors (Lipinski definition) is 2. The number of nitrogens with two attached hydrogens (primary N) is 1. The minimum Gasteiger partial charge on any atom is -0.476 e. The Morgan fingerprint density at radius 3 is 2.62 bits per heavy atom. The fourth-order valence-electron chi connectivity index (χ4n) is 2.07. The molecule has 0 saturated carbocycles. The molecule has 3 aromatic rings. The number of carboxylic acids is 1. The lowest BCUT2D eigenvalue weighted by Gasteiger charge is -2.08. The maximum Gasteiger partial charge on any atom is 0.355 e. The SMILES string of the molecule is Nc1nc2ccc(-c3ccc(Cl)c(Cl)c3)c(C(=O)O)n2n1. The molecule has 0 aliphatic carbocycles. The van der Waals surface area contributed by atoms with Gasteiger partial charge in [-0.3, -0.25) is 0 Å². The Bertz CT molecular complexity index is 876. The van der Waals surface area contributed by atoms with E-state index >= 15 is 0 Å². The highest BCUT2D eigenvalue weighted by Gasteiger charge is 2.18. The zero-order chi connectivity index (χ0) is 15.1. The molecule has 0 aliphatic rings. The van der Waals surface area contributed by atoms with Crippen LogP contribution in [-0.4, -0.2) is 25.7 Å². The molecule has 8 heteroatoms. The Labute approximate surface area is 128 Å². The molecule has 0 saturated heterocycles. The van der Waals surface area contributed by atoms with Gasteiger partial charge in [0, 0.05) is 5.56 Å². The molecule has 106 valence electrons. The van der Waals surface area contributed by atoms with E-state index < -0.39 is 5.97 Å². The number of rotatable bonds is 2. The number of benzene rings is 1. The molecule has 3 N–H and O–H groups in total. The summed E-state index contributed by atoms with van der Waals surface area (Å²) in [5.74, 6) is -1.14. The number of nitrogens with zero attached hydrogens (tertiary/aromatic N) is 3. The van der Waals surface area contributed by atoms with Gasteiger partial charge in [0.25, 0.3) is 0 Å². The van der Waals surface area contributed by atoms with Gasteiger partial charge in [-0.25, -0.2) is 9.31 Å². The van der Waals surface area contributed by atoms with E-state index in [1.807, 2.05) is 0 Å². The Balaban J connectivity index is 2.33. The lowest BCUT2D eigenvalue weighted by Crippen LogP contribution is -2.09. The summed E-state index contributed by atoms with van der Waals surface area (Å²) in [6.07, 6.45) is 0. The minimum atomic E-state index is -1.15. The summed E-state index contributed by atoms with van der Waals surface area (Å²) in [5, 5.41) is 14.1. The summed E-state index contributed by atoms with van der Waals surface area (Å²) in [6, 6.07) is 8.14. The van der Waals surface area contributed by atoms with Gasteiger partial charge in [-0.05, 0) is 29.8 Å². The lowest BCUT2D eigenvalue weighted by atomic mass is 10.0. The van der Waals surface area contributed by atoms with Crippen LogP contribution in [0.5, 0.6) is 0 Å². The standard InChI is InChI=1S/C13H8Cl2N4O2/c14-8-3-1-6(5-9(8)15)7-2-4-10-17-13(16)18-19(10)11(7)12(20)21/h1-5H,(H2,16,18)(H,20,21). The Kier molecular flexibility index (Phi) is 3.19. The summed E-state index contributed by atoms with van der Waals surface area (Å²) in [7, 11) is 0. The Hall–Kier alpha value is -2.31. The smallest absolute Gasteiger partial charge is 0.355 e. The first kappa shape index (κ1) is 13.7. The van der Waals surface area contributed by atoms with Crippen LogP contribution in [0.2, 0.25) is 10.0 Å². The molecule has 6 nitrogen and oxygen atoms in total. The molecule has 3 rings (SSSR count). The third-order valence-electron chi connectivity index (χ3n) is 2.95. The average Bonchev–Trinajstić information content (AvgIpc) is 2.80. The molecule has 0 unspecified atom stereocenters. The Morgan fingerprint density at radius 1 is 1.19 bits per heavy atom. The monoisotopic (exact) mass is 322 g/mol. The van der Waals surface area contributed by atoms with Crippen molar-refractivity contribution >= 4 is 40.8 Å².